The van der Waals surface area contributed by atoms with Crippen LogP contribution in [0.25, 0.3) is 0 Å². The lowest BCUT2D eigenvalue weighted by Crippen LogP contribution is -2.30. The number of piperidine rings is 1. The number of hydrogen-bond acceptors (Lipinski definition) is 5. The molecule has 0 saturated carbocycles. The SMILES string of the molecule is Cc1ccc(Nc2nccc(N3CCCCC3)c2[N+](=O)[O-])cc1. The first-order valence-corrected chi connectivity index (χ1v) is 7.87. The Morgan fingerprint density at radius 2 is 1.83 bits per heavy atom. The molecule has 1 aliphatic heterocycles. The molecule has 1 saturated heterocycles. The third-order valence-electron chi connectivity index (χ3n) is 4.10. The molecule has 23 heavy (non-hydrogen) atoms. The zero-order valence-corrected chi connectivity index (χ0v) is 13.2. The molecule has 1 aliphatic rings. The van der Waals surface area contributed by atoms with Crippen LogP contribution in [0.3, 0.4) is 0 Å². The molecular formula is C17H20N4O2. The average Bonchev–Trinajstić information content (AvgIpc) is 2.57. The van der Waals surface area contributed by atoms with E-state index in [4.69, 9.17) is 0 Å². The van der Waals surface area contributed by atoms with Crippen LogP contribution in [-0.2, 0) is 0 Å². The summed E-state index contributed by atoms with van der Waals surface area (Å²) in [5, 5.41) is 14.7. The number of benzene rings is 1. The van der Waals surface area contributed by atoms with Crippen molar-refractivity contribution >= 4 is 22.9 Å². The molecule has 0 unspecified atom stereocenters. The van der Waals surface area contributed by atoms with Crippen LogP contribution < -0.4 is 10.2 Å². The highest BCUT2D eigenvalue weighted by molar-refractivity contribution is 5.77. The van der Waals surface area contributed by atoms with Crippen molar-refractivity contribution < 1.29 is 4.92 Å². The minimum atomic E-state index is -0.340. The molecule has 2 heterocycles. The van der Waals surface area contributed by atoms with Gasteiger partial charge in [-0.05, 0) is 44.4 Å². The first-order chi connectivity index (χ1) is 11.1. The Bertz CT molecular complexity index is 694. The van der Waals surface area contributed by atoms with Crippen LogP contribution >= 0.6 is 0 Å². The van der Waals surface area contributed by atoms with Crippen LogP contribution in [0.5, 0.6) is 0 Å². The largest absolute Gasteiger partial charge is 0.366 e. The van der Waals surface area contributed by atoms with Gasteiger partial charge in [0, 0.05) is 25.0 Å². The molecule has 120 valence electrons. The molecule has 1 N–H and O–H groups in total. The molecule has 0 aliphatic carbocycles. The maximum absolute atomic E-state index is 11.6. The van der Waals surface area contributed by atoms with Gasteiger partial charge in [-0.15, -0.1) is 0 Å². The number of anilines is 3. The van der Waals surface area contributed by atoms with Gasteiger partial charge in [-0.2, -0.15) is 0 Å². The Labute approximate surface area is 135 Å². The number of rotatable bonds is 4. The summed E-state index contributed by atoms with van der Waals surface area (Å²) in [5.41, 5.74) is 2.64. The minimum Gasteiger partial charge on any atom is -0.366 e. The molecule has 3 rings (SSSR count). The van der Waals surface area contributed by atoms with E-state index in [1.54, 1.807) is 12.3 Å². The number of nitro groups is 1. The summed E-state index contributed by atoms with van der Waals surface area (Å²) in [7, 11) is 0. The van der Waals surface area contributed by atoms with E-state index in [1.165, 1.54) is 6.42 Å². The lowest BCUT2D eigenvalue weighted by Gasteiger charge is -2.28. The summed E-state index contributed by atoms with van der Waals surface area (Å²) in [6, 6.07) is 9.46. The monoisotopic (exact) mass is 312 g/mol. The van der Waals surface area contributed by atoms with E-state index in [-0.39, 0.29) is 10.6 Å². The summed E-state index contributed by atoms with van der Waals surface area (Å²) in [6.07, 6.45) is 4.96. The second-order valence-corrected chi connectivity index (χ2v) is 5.82. The van der Waals surface area contributed by atoms with E-state index in [1.807, 2.05) is 31.2 Å². The second kappa shape index (κ2) is 6.64. The van der Waals surface area contributed by atoms with E-state index < -0.39 is 0 Å². The van der Waals surface area contributed by atoms with Gasteiger partial charge in [0.2, 0.25) is 5.82 Å². The quantitative estimate of drug-likeness (QED) is 0.681. The number of nitrogens with one attached hydrogen (secondary N) is 1. The van der Waals surface area contributed by atoms with Gasteiger partial charge in [0.05, 0.1) is 4.92 Å². The highest BCUT2D eigenvalue weighted by Gasteiger charge is 2.26. The van der Waals surface area contributed by atoms with Crippen LogP contribution in [0.15, 0.2) is 36.5 Å². The Balaban J connectivity index is 1.95. The maximum Gasteiger partial charge on any atom is 0.334 e. The van der Waals surface area contributed by atoms with Gasteiger partial charge in [-0.25, -0.2) is 4.98 Å². The second-order valence-electron chi connectivity index (χ2n) is 5.82. The fraction of sp³-hybridized carbons (Fsp3) is 0.353. The summed E-state index contributed by atoms with van der Waals surface area (Å²) in [4.78, 5) is 17.6. The maximum atomic E-state index is 11.6. The van der Waals surface area contributed by atoms with E-state index in [0.29, 0.717) is 11.5 Å². The van der Waals surface area contributed by atoms with Crippen LogP contribution in [0, 0.1) is 17.0 Å². The average molecular weight is 312 g/mol. The number of nitrogens with zero attached hydrogens (tertiary/aromatic N) is 3. The highest BCUT2D eigenvalue weighted by atomic mass is 16.6. The minimum absolute atomic E-state index is 0.0509. The van der Waals surface area contributed by atoms with Crippen molar-refractivity contribution in [1.82, 2.24) is 4.98 Å². The summed E-state index contributed by atoms with van der Waals surface area (Å²) in [5.74, 6) is 0.293. The van der Waals surface area contributed by atoms with E-state index in [2.05, 4.69) is 15.2 Å². The highest BCUT2D eigenvalue weighted by Crippen LogP contribution is 2.36. The van der Waals surface area contributed by atoms with Crippen LogP contribution in [0.2, 0.25) is 0 Å². The molecule has 6 nitrogen and oxygen atoms in total. The molecule has 6 heteroatoms. The third kappa shape index (κ3) is 3.41. The van der Waals surface area contributed by atoms with Gasteiger partial charge < -0.3 is 10.2 Å². The van der Waals surface area contributed by atoms with Gasteiger partial charge >= 0.3 is 5.69 Å². The molecule has 1 aromatic carbocycles. The van der Waals surface area contributed by atoms with Crippen molar-refractivity contribution in [2.45, 2.75) is 26.2 Å². The number of aromatic nitrogens is 1. The van der Waals surface area contributed by atoms with Crippen molar-refractivity contribution in [3.63, 3.8) is 0 Å². The van der Waals surface area contributed by atoms with Crippen molar-refractivity contribution in [2.24, 2.45) is 0 Å². The van der Waals surface area contributed by atoms with Gasteiger partial charge in [-0.1, -0.05) is 17.7 Å². The molecule has 0 atom stereocenters. The van der Waals surface area contributed by atoms with Crippen molar-refractivity contribution in [3.8, 4) is 0 Å². The fourth-order valence-electron chi connectivity index (χ4n) is 2.88. The van der Waals surface area contributed by atoms with Gasteiger partial charge in [0.25, 0.3) is 0 Å². The Morgan fingerprint density at radius 3 is 2.48 bits per heavy atom. The Kier molecular flexibility index (Phi) is 4.41. The predicted molar refractivity (Wildman–Crippen MR) is 91.4 cm³/mol. The smallest absolute Gasteiger partial charge is 0.334 e. The lowest BCUT2D eigenvalue weighted by molar-refractivity contribution is -0.383. The molecule has 0 amide bonds. The standard InChI is InChI=1S/C17H20N4O2/c1-13-5-7-14(8-6-13)19-17-16(21(22)23)15(9-10-18-17)20-11-3-2-4-12-20/h5-10H,2-4,11-12H2,1H3,(H,18,19). The van der Waals surface area contributed by atoms with E-state index >= 15 is 0 Å². The molecule has 0 radical (unpaired) electrons. The Hall–Kier alpha value is -2.63. The topological polar surface area (TPSA) is 71.3 Å². The van der Waals surface area contributed by atoms with Crippen LogP contribution in [-0.4, -0.2) is 23.0 Å². The third-order valence-corrected chi connectivity index (χ3v) is 4.10. The zero-order valence-electron chi connectivity index (χ0n) is 13.2. The summed E-state index contributed by atoms with van der Waals surface area (Å²) in [6.45, 7) is 3.71. The number of hydrogen-bond donors (Lipinski definition) is 1. The van der Waals surface area contributed by atoms with Crippen molar-refractivity contribution in [3.05, 3.63) is 52.2 Å². The lowest BCUT2D eigenvalue weighted by atomic mass is 10.1. The molecule has 0 spiro atoms. The summed E-state index contributed by atoms with van der Waals surface area (Å²) >= 11 is 0. The fourth-order valence-corrected chi connectivity index (χ4v) is 2.88. The normalized spacial score (nSPS) is 14.6. The predicted octanol–water partition coefficient (Wildman–Crippen LogP) is 4.03. The molecule has 2 aromatic rings. The van der Waals surface area contributed by atoms with Gasteiger partial charge in [0.1, 0.15) is 5.69 Å². The van der Waals surface area contributed by atoms with Crippen LogP contribution in [0.4, 0.5) is 22.9 Å². The number of pyridine rings is 1. The van der Waals surface area contributed by atoms with Gasteiger partial charge in [-0.3, -0.25) is 10.1 Å². The van der Waals surface area contributed by atoms with Crippen LogP contribution in [0.1, 0.15) is 24.8 Å². The van der Waals surface area contributed by atoms with E-state index in [0.717, 1.165) is 37.2 Å². The first-order valence-electron chi connectivity index (χ1n) is 7.87. The van der Waals surface area contributed by atoms with E-state index in [9.17, 15) is 10.1 Å². The summed E-state index contributed by atoms with van der Waals surface area (Å²) < 4.78 is 0. The Morgan fingerprint density at radius 1 is 1.13 bits per heavy atom. The first kappa shape index (κ1) is 15.3. The van der Waals surface area contributed by atoms with Crippen molar-refractivity contribution in [1.29, 1.82) is 0 Å². The molecule has 1 aromatic heterocycles. The van der Waals surface area contributed by atoms with Crippen molar-refractivity contribution in [2.75, 3.05) is 23.3 Å². The number of aryl methyl sites for hydroxylation is 1. The molecule has 0 bridgehead atoms. The molecule has 1 fully saturated rings. The molecular weight excluding hydrogens is 292 g/mol. The van der Waals surface area contributed by atoms with Gasteiger partial charge in [0.15, 0.2) is 0 Å². The zero-order chi connectivity index (χ0) is 16.2.